The molecule has 0 spiro atoms. The normalized spacial score (nSPS) is 11.4. The number of hydrogen-bond acceptors (Lipinski definition) is 2. The van der Waals surface area contributed by atoms with Gasteiger partial charge >= 0.3 is 0 Å². The lowest BCUT2D eigenvalue weighted by Gasteiger charge is -2.09. The standard InChI is InChI=1S/C25H19NO2/c1-26-22-13-7-5-10-17(22)21-15-20(18-11-6-8-14-23(18)28-2)16-9-3-4-12-19(16)25(27)24(21)26/h3-15H,1-2H3. The number of benzene rings is 3. The second-order valence-corrected chi connectivity index (χ2v) is 6.97. The Labute approximate surface area is 162 Å². The van der Waals surface area contributed by atoms with Crippen LogP contribution in [0.3, 0.4) is 0 Å². The second kappa shape index (κ2) is 6.24. The third-order valence-electron chi connectivity index (χ3n) is 5.51. The molecule has 0 saturated carbocycles. The summed E-state index contributed by atoms with van der Waals surface area (Å²) in [6.45, 7) is 0. The Hall–Kier alpha value is -3.59. The van der Waals surface area contributed by atoms with Crippen molar-refractivity contribution in [2.45, 2.75) is 0 Å². The number of methoxy groups -OCH3 is 1. The van der Waals surface area contributed by atoms with E-state index < -0.39 is 0 Å². The molecule has 0 N–H and O–H groups in total. The molecular weight excluding hydrogens is 346 g/mol. The fourth-order valence-corrected chi connectivity index (χ4v) is 4.20. The molecule has 0 atom stereocenters. The predicted octanol–water partition coefficient (Wildman–Crippen LogP) is 5.52. The maximum Gasteiger partial charge on any atom is 0.210 e. The summed E-state index contributed by atoms with van der Waals surface area (Å²) in [4.78, 5) is 13.6. The van der Waals surface area contributed by atoms with Gasteiger partial charge in [0.2, 0.25) is 5.43 Å². The fraction of sp³-hybridized carbons (Fsp3) is 0.0800. The lowest BCUT2D eigenvalue weighted by atomic mass is 10.00. The van der Waals surface area contributed by atoms with Gasteiger partial charge in [0.1, 0.15) is 5.75 Å². The van der Waals surface area contributed by atoms with Gasteiger partial charge in [0.25, 0.3) is 0 Å². The number of ether oxygens (including phenoxy) is 1. The molecule has 0 fully saturated rings. The van der Waals surface area contributed by atoms with Gasteiger partial charge in [0.15, 0.2) is 0 Å². The molecule has 136 valence electrons. The first kappa shape index (κ1) is 16.6. The molecule has 3 nitrogen and oxygen atoms in total. The average Bonchev–Trinajstić information content (AvgIpc) is 2.95. The molecule has 5 rings (SSSR count). The molecule has 0 bridgehead atoms. The summed E-state index contributed by atoms with van der Waals surface area (Å²) in [5, 5.41) is 3.68. The third-order valence-corrected chi connectivity index (χ3v) is 5.51. The highest BCUT2D eigenvalue weighted by Gasteiger charge is 2.16. The van der Waals surface area contributed by atoms with Crippen LogP contribution in [0.1, 0.15) is 0 Å². The Morgan fingerprint density at radius 1 is 0.714 bits per heavy atom. The summed E-state index contributed by atoms with van der Waals surface area (Å²) >= 11 is 0. The van der Waals surface area contributed by atoms with Gasteiger partial charge in [-0.15, -0.1) is 0 Å². The topological polar surface area (TPSA) is 31.2 Å². The molecule has 1 heterocycles. The van der Waals surface area contributed by atoms with Crippen LogP contribution in [0.4, 0.5) is 0 Å². The highest BCUT2D eigenvalue weighted by Crippen LogP contribution is 2.37. The summed E-state index contributed by atoms with van der Waals surface area (Å²) in [5.74, 6) is 0.791. The average molecular weight is 365 g/mol. The van der Waals surface area contributed by atoms with Crippen molar-refractivity contribution in [3.63, 3.8) is 0 Å². The van der Waals surface area contributed by atoms with Crippen LogP contribution < -0.4 is 10.2 Å². The fourth-order valence-electron chi connectivity index (χ4n) is 4.20. The molecule has 0 aliphatic heterocycles. The van der Waals surface area contributed by atoms with E-state index in [-0.39, 0.29) is 5.43 Å². The minimum Gasteiger partial charge on any atom is -0.496 e. The van der Waals surface area contributed by atoms with E-state index in [1.165, 1.54) is 0 Å². The van der Waals surface area contributed by atoms with Crippen molar-refractivity contribution in [3.8, 4) is 16.9 Å². The molecular formula is C25H19NO2. The number of para-hydroxylation sites is 2. The lowest BCUT2D eigenvalue weighted by molar-refractivity contribution is 0.416. The Bertz CT molecular complexity index is 1430. The Kier molecular flexibility index (Phi) is 3.69. The van der Waals surface area contributed by atoms with Gasteiger partial charge in [0.05, 0.1) is 12.6 Å². The van der Waals surface area contributed by atoms with Gasteiger partial charge < -0.3 is 9.30 Å². The molecule has 0 saturated heterocycles. The Morgan fingerprint density at radius 3 is 2.14 bits per heavy atom. The maximum absolute atomic E-state index is 13.6. The number of nitrogens with zero attached hydrogens (tertiary/aromatic N) is 1. The highest BCUT2D eigenvalue weighted by molar-refractivity contribution is 6.13. The van der Waals surface area contributed by atoms with Gasteiger partial charge in [-0.1, -0.05) is 60.7 Å². The molecule has 0 aliphatic rings. The van der Waals surface area contributed by atoms with E-state index in [4.69, 9.17) is 4.74 Å². The molecule has 5 aromatic rings. The van der Waals surface area contributed by atoms with Gasteiger partial charge in [0, 0.05) is 34.3 Å². The van der Waals surface area contributed by atoms with E-state index >= 15 is 0 Å². The van der Waals surface area contributed by atoms with Crippen LogP contribution in [-0.2, 0) is 7.05 Å². The smallest absolute Gasteiger partial charge is 0.210 e. The summed E-state index contributed by atoms with van der Waals surface area (Å²) in [5.41, 5.74) is 3.79. The molecule has 1 aromatic heterocycles. The van der Waals surface area contributed by atoms with Crippen LogP contribution >= 0.6 is 0 Å². The molecule has 3 heteroatoms. The minimum absolute atomic E-state index is 0.0467. The van der Waals surface area contributed by atoms with E-state index in [1.807, 2.05) is 72.3 Å². The van der Waals surface area contributed by atoms with Crippen molar-refractivity contribution >= 4 is 32.6 Å². The molecule has 0 amide bonds. The van der Waals surface area contributed by atoms with Gasteiger partial charge in [-0.3, -0.25) is 4.79 Å². The van der Waals surface area contributed by atoms with Gasteiger partial charge in [-0.25, -0.2) is 0 Å². The second-order valence-electron chi connectivity index (χ2n) is 6.97. The lowest BCUT2D eigenvalue weighted by Crippen LogP contribution is -2.03. The summed E-state index contributed by atoms with van der Waals surface area (Å²) in [7, 11) is 3.64. The predicted molar refractivity (Wildman–Crippen MR) is 116 cm³/mol. The van der Waals surface area contributed by atoms with Crippen molar-refractivity contribution in [1.29, 1.82) is 0 Å². The molecule has 0 unspecified atom stereocenters. The van der Waals surface area contributed by atoms with Crippen molar-refractivity contribution < 1.29 is 4.74 Å². The number of aromatic nitrogens is 1. The van der Waals surface area contributed by atoms with Crippen molar-refractivity contribution in [2.75, 3.05) is 7.11 Å². The van der Waals surface area contributed by atoms with Crippen molar-refractivity contribution in [1.82, 2.24) is 4.57 Å². The van der Waals surface area contributed by atoms with E-state index in [0.29, 0.717) is 5.39 Å². The first-order valence-corrected chi connectivity index (χ1v) is 9.27. The SMILES string of the molecule is COc1ccccc1-c1cc2c3ccccc3n(C)c2c(=O)c2ccccc12. The molecule has 28 heavy (non-hydrogen) atoms. The monoisotopic (exact) mass is 365 g/mol. The van der Waals surface area contributed by atoms with Crippen LogP contribution in [0.5, 0.6) is 5.75 Å². The molecule has 0 aliphatic carbocycles. The number of aryl methyl sites for hydroxylation is 1. The largest absolute Gasteiger partial charge is 0.496 e. The van der Waals surface area contributed by atoms with Gasteiger partial charge in [-0.2, -0.15) is 0 Å². The first-order valence-electron chi connectivity index (χ1n) is 9.27. The maximum atomic E-state index is 13.6. The number of hydrogen-bond donors (Lipinski definition) is 0. The van der Waals surface area contributed by atoms with E-state index in [2.05, 4.69) is 18.2 Å². The summed E-state index contributed by atoms with van der Waals surface area (Å²) < 4.78 is 7.64. The van der Waals surface area contributed by atoms with Gasteiger partial charge in [-0.05, 0) is 29.1 Å². The van der Waals surface area contributed by atoms with Crippen molar-refractivity contribution in [3.05, 3.63) is 89.1 Å². The highest BCUT2D eigenvalue weighted by atomic mass is 16.5. The third kappa shape index (κ3) is 2.26. The molecule has 4 aromatic carbocycles. The van der Waals surface area contributed by atoms with Crippen LogP contribution in [0, 0.1) is 0 Å². The van der Waals surface area contributed by atoms with Crippen LogP contribution in [0.25, 0.3) is 43.7 Å². The van der Waals surface area contributed by atoms with E-state index in [1.54, 1.807) is 7.11 Å². The van der Waals surface area contributed by atoms with Crippen molar-refractivity contribution in [2.24, 2.45) is 7.05 Å². The molecule has 0 radical (unpaired) electrons. The Morgan fingerprint density at radius 2 is 1.36 bits per heavy atom. The Balaban J connectivity index is 2.10. The zero-order chi connectivity index (χ0) is 19.3. The zero-order valence-corrected chi connectivity index (χ0v) is 15.8. The van der Waals surface area contributed by atoms with E-state index in [9.17, 15) is 4.79 Å². The minimum atomic E-state index is 0.0467. The quantitative estimate of drug-likeness (QED) is 0.412. The summed E-state index contributed by atoms with van der Waals surface area (Å²) in [6.07, 6.45) is 0. The zero-order valence-electron chi connectivity index (χ0n) is 15.8. The summed E-state index contributed by atoms with van der Waals surface area (Å²) in [6, 6.07) is 26.1. The number of fused-ring (bicyclic) bond motifs is 4. The van der Waals surface area contributed by atoms with Crippen LogP contribution in [0.15, 0.2) is 83.7 Å². The first-order chi connectivity index (χ1) is 13.7. The van der Waals surface area contributed by atoms with Crippen LogP contribution in [-0.4, -0.2) is 11.7 Å². The van der Waals surface area contributed by atoms with Crippen LogP contribution in [0.2, 0.25) is 0 Å². The van der Waals surface area contributed by atoms with E-state index in [0.717, 1.165) is 44.1 Å². The number of rotatable bonds is 2.